The first kappa shape index (κ1) is 24.1. The van der Waals surface area contributed by atoms with Crippen LogP contribution in [0.2, 0.25) is 0 Å². The van der Waals surface area contributed by atoms with E-state index >= 15 is 0 Å². The highest BCUT2D eigenvalue weighted by Gasteiger charge is 2.23. The molecule has 6 nitrogen and oxygen atoms in total. The van der Waals surface area contributed by atoms with Crippen LogP contribution in [0.15, 0.2) is 78.9 Å². The molecule has 0 atom stereocenters. The van der Waals surface area contributed by atoms with Gasteiger partial charge in [-0.1, -0.05) is 49.4 Å². The van der Waals surface area contributed by atoms with Gasteiger partial charge in [0, 0.05) is 12.2 Å². The van der Waals surface area contributed by atoms with Gasteiger partial charge in [-0.05, 0) is 80.2 Å². The summed E-state index contributed by atoms with van der Waals surface area (Å²) in [6.07, 6.45) is 3.12. The van der Waals surface area contributed by atoms with Crippen LogP contribution in [0, 0.1) is 5.92 Å². The number of hydrogen-bond acceptors (Lipinski definition) is 4. The lowest BCUT2D eigenvalue weighted by molar-refractivity contribution is -0.117. The number of rotatable bonds is 9. The highest BCUT2D eigenvalue weighted by atomic mass is 16.5. The summed E-state index contributed by atoms with van der Waals surface area (Å²) < 4.78 is 8.36. The van der Waals surface area contributed by atoms with E-state index in [4.69, 9.17) is 9.72 Å². The zero-order valence-electron chi connectivity index (χ0n) is 20.9. The van der Waals surface area contributed by atoms with Crippen molar-refractivity contribution < 1.29 is 9.53 Å². The van der Waals surface area contributed by atoms with Crippen molar-refractivity contribution >= 4 is 22.6 Å². The number of anilines is 1. The second-order valence-corrected chi connectivity index (χ2v) is 9.55. The quantitative estimate of drug-likeness (QED) is 0.341. The van der Waals surface area contributed by atoms with E-state index < -0.39 is 0 Å². The van der Waals surface area contributed by atoms with Crippen LogP contribution in [0.3, 0.4) is 0 Å². The molecule has 0 aliphatic carbocycles. The molecule has 0 radical (unpaired) electrons. The van der Waals surface area contributed by atoms with Gasteiger partial charge in [0.15, 0.2) is 0 Å². The summed E-state index contributed by atoms with van der Waals surface area (Å²) in [7, 11) is 0. The number of aromatic nitrogens is 2. The number of benzene rings is 3. The van der Waals surface area contributed by atoms with E-state index in [1.807, 2.05) is 48.5 Å². The highest BCUT2D eigenvalue weighted by Crippen LogP contribution is 2.24. The van der Waals surface area contributed by atoms with E-state index in [1.54, 1.807) is 0 Å². The monoisotopic (exact) mass is 482 g/mol. The fourth-order valence-electron chi connectivity index (χ4n) is 4.92. The molecular weight excluding hydrogens is 448 g/mol. The lowest BCUT2D eigenvalue weighted by Crippen LogP contribution is -2.40. The maximum absolute atomic E-state index is 12.6. The highest BCUT2D eigenvalue weighted by molar-refractivity contribution is 5.92. The van der Waals surface area contributed by atoms with Gasteiger partial charge in [0.25, 0.3) is 0 Å². The number of carbonyl (C=O) groups excluding carboxylic acids is 1. The fraction of sp³-hybridized carbons (Fsp3) is 0.333. The van der Waals surface area contributed by atoms with Crippen LogP contribution >= 0.6 is 0 Å². The van der Waals surface area contributed by atoms with Crippen molar-refractivity contribution in [2.45, 2.75) is 39.3 Å². The smallest absolute Gasteiger partial charge is 0.238 e. The van der Waals surface area contributed by atoms with Crippen molar-refractivity contribution in [3.05, 3.63) is 90.3 Å². The molecule has 1 aliphatic rings. The van der Waals surface area contributed by atoms with Crippen LogP contribution in [0.4, 0.5) is 5.69 Å². The number of hydrogen-bond donors (Lipinski definition) is 1. The second-order valence-electron chi connectivity index (χ2n) is 9.55. The molecule has 0 saturated carbocycles. The molecule has 5 rings (SSSR count). The topological polar surface area (TPSA) is 59.4 Å². The summed E-state index contributed by atoms with van der Waals surface area (Å²) in [5.74, 6) is 2.40. The molecule has 1 saturated heterocycles. The molecule has 0 unspecified atom stereocenters. The molecule has 1 fully saturated rings. The van der Waals surface area contributed by atoms with Crippen molar-refractivity contribution in [1.29, 1.82) is 0 Å². The minimum absolute atomic E-state index is 0.0543. The van der Waals surface area contributed by atoms with Crippen LogP contribution < -0.4 is 10.1 Å². The minimum atomic E-state index is 0.0543. The van der Waals surface area contributed by atoms with Gasteiger partial charge in [-0.2, -0.15) is 0 Å². The van der Waals surface area contributed by atoms with Crippen LogP contribution in [0.25, 0.3) is 11.0 Å². The summed E-state index contributed by atoms with van der Waals surface area (Å²) in [4.78, 5) is 19.7. The predicted octanol–water partition coefficient (Wildman–Crippen LogP) is 5.53. The molecule has 3 aromatic carbocycles. The van der Waals surface area contributed by atoms with Gasteiger partial charge >= 0.3 is 0 Å². The largest absolute Gasteiger partial charge is 0.486 e. The number of piperidine rings is 1. The molecule has 36 heavy (non-hydrogen) atoms. The predicted molar refractivity (Wildman–Crippen MR) is 144 cm³/mol. The average Bonchev–Trinajstić information content (AvgIpc) is 3.26. The Labute approximate surface area is 212 Å². The molecule has 1 aliphatic heterocycles. The number of imidazole rings is 1. The zero-order valence-corrected chi connectivity index (χ0v) is 20.9. The summed E-state index contributed by atoms with van der Waals surface area (Å²) >= 11 is 0. The number of nitrogens with zero attached hydrogens (tertiary/aromatic N) is 3. The van der Waals surface area contributed by atoms with Crippen LogP contribution in [0.5, 0.6) is 5.75 Å². The Morgan fingerprint density at radius 2 is 1.69 bits per heavy atom. The van der Waals surface area contributed by atoms with Gasteiger partial charge in [0.1, 0.15) is 18.2 Å². The van der Waals surface area contributed by atoms with Crippen LogP contribution in [-0.2, 0) is 24.4 Å². The third kappa shape index (κ3) is 5.94. The molecule has 1 aromatic heterocycles. The second kappa shape index (κ2) is 11.4. The average molecular weight is 483 g/mol. The fourth-order valence-corrected chi connectivity index (χ4v) is 4.92. The van der Waals surface area contributed by atoms with E-state index in [0.717, 1.165) is 67.2 Å². The number of aryl methyl sites for hydroxylation is 1. The number of fused-ring (bicyclic) bond motifs is 1. The van der Waals surface area contributed by atoms with Crippen molar-refractivity contribution in [3.63, 3.8) is 0 Å². The van der Waals surface area contributed by atoms with E-state index in [9.17, 15) is 4.79 Å². The van der Waals surface area contributed by atoms with Gasteiger partial charge in [-0.15, -0.1) is 0 Å². The molecule has 0 spiro atoms. The molecule has 6 heteroatoms. The van der Waals surface area contributed by atoms with E-state index in [-0.39, 0.29) is 5.91 Å². The van der Waals surface area contributed by atoms with Gasteiger partial charge in [0.2, 0.25) is 5.91 Å². The van der Waals surface area contributed by atoms with Gasteiger partial charge in [0.05, 0.1) is 17.6 Å². The third-order valence-corrected chi connectivity index (χ3v) is 7.01. The molecule has 186 valence electrons. The first-order chi connectivity index (χ1) is 17.7. The first-order valence-electron chi connectivity index (χ1n) is 12.9. The van der Waals surface area contributed by atoms with E-state index in [2.05, 4.69) is 52.0 Å². The Hall–Kier alpha value is -3.64. The molecule has 1 amide bonds. The summed E-state index contributed by atoms with van der Waals surface area (Å²) in [5.41, 5.74) is 4.30. The van der Waals surface area contributed by atoms with Crippen LogP contribution in [-0.4, -0.2) is 40.0 Å². The Balaban J connectivity index is 1.17. The maximum atomic E-state index is 12.6. The third-order valence-electron chi connectivity index (χ3n) is 7.01. The normalized spacial score (nSPS) is 14.7. The van der Waals surface area contributed by atoms with E-state index in [0.29, 0.717) is 19.1 Å². The van der Waals surface area contributed by atoms with Crippen molar-refractivity contribution in [3.8, 4) is 5.75 Å². The molecule has 1 N–H and O–H groups in total. The number of para-hydroxylation sites is 3. The summed E-state index contributed by atoms with van der Waals surface area (Å²) in [5, 5.41) is 3.04. The van der Waals surface area contributed by atoms with Gasteiger partial charge in [-0.25, -0.2) is 4.98 Å². The standard InChI is InChI=1S/C30H34N4O2/c1-2-23-12-14-25(15-13-23)31-30(35)21-33-18-16-24(17-19-33)20-34-28-11-7-6-10-27(28)32-29(34)22-36-26-8-4-3-5-9-26/h3-15,24H,2,16-22H2,1H3,(H,31,35). The van der Waals surface area contributed by atoms with Gasteiger partial charge < -0.3 is 14.6 Å². The molecule has 0 bridgehead atoms. The van der Waals surface area contributed by atoms with Gasteiger partial charge in [-0.3, -0.25) is 9.69 Å². The van der Waals surface area contributed by atoms with E-state index in [1.165, 1.54) is 5.56 Å². The number of likely N-dealkylation sites (tertiary alicyclic amines) is 1. The zero-order chi connectivity index (χ0) is 24.7. The van der Waals surface area contributed by atoms with Crippen molar-refractivity contribution in [1.82, 2.24) is 14.5 Å². The number of amides is 1. The first-order valence-corrected chi connectivity index (χ1v) is 12.9. The maximum Gasteiger partial charge on any atom is 0.238 e. The van der Waals surface area contributed by atoms with Crippen LogP contribution in [0.1, 0.15) is 31.2 Å². The van der Waals surface area contributed by atoms with Crippen molar-refractivity contribution in [2.75, 3.05) is 25.0 Å². The summed E-state index contributed by atoms with van der Waals surface area (Å²) in [6.45, 7) is 5.78. The Bertz CT molecular complexity index is 1280. The Morgan fingerprint density at radius 3 is 2.44 bits per heavy atom. The Morgan fingerprint density at radius 1 is 0.972 bits per heavy atom. The van der Waals surface area contributed by atoms with Crippen molar-refractivity contribution in [2.24, 2.45) is 5.92 Å². The number of carbonyl (C=O) groups is 1. The minimum Gasteiger partial charge on any atom is -0.486 e. The number of ether oxygens (including phenoxy) is 1. The molecule has 4 aromatic rings. The molecular formula is C30H34N4O2. The molecule has 2 heterocycles. The summed E-state index contributed by atoms with van der Waals surface area (Å²) in [6, 6.07) is 26.3. The lowest BCUT2D eigenvalue weighted by atomic mass is 9.96. The Kier molecular flexibility index (Phi) is 7.62. The number of nitrogens with one attached hydrogen (secondary N) is 1. The lowest BCUT2D eigenvalue weighted by Gasteiger charge is -2.32. The SMILES string of the molecule is CCc1ccc(NC(=O)CN2CCC(Cn3c(COc4ccccc4)nc4ccccc43)CC2)cc1.